The first-order valence-electron chi connectivity index (χ1n) is 9.32. The number of nitrogens with one attached hydrogen (secondary N) is 1. The van der Waals surface area contributed by atoms with Crippen LogP contribution in [0.4, 0.5) is 17.5 Å². The van der Waals surface area contributed by atoms with E-state index in [-0.39, 0.29) is 0 Å². The standard InChI is InChI=1S/C21H23N5O2/c1-15-13-16-5-3-4-6-19(16)26(15)21-24-20(14-23-25-21)22-11-12-28-18-9-7-17(27-2)8-10-18/h3-10,14-15H,11-13H2,1-2H3,(H,22,24,25). The Morgan fingerprint density at radius 3 is 2.71 bits per heavy atom. The van der Waals surface area contributed by atoms with E-state index < -0.39 is 0 Å². The monoisotopic (exact) mass is 377 g/mol. The maximum Gasteiger partial charge on any atom is 0.252 e. The largest absolute Gasteiger partial charge is 0.497 e. The molecule has 28 heavy (non-hydrogen) atoms. The van der Waals surface area contributed by atoms with Crippen LogP contribution in [-0.2, 0) is 6.42 Å². The van der Waals surface area contributed by atoms with Crippen LogP contribution in [-0.4, -0.2) is 41.5 Å². The molecule has 0 radical (unpaired) electrons. The second-order valence-corrected chi connectivity index (χ2v) is 6.64. The van der Waals surface area contributed by atoms with Crippen molar-refractivity contribution in [3.8, 4) is 11.5 Å². The van der Waals surface area contributed by atoms with Crippen LogP contribution in [0.1, 0.15) is 12.5 Å². The zero-order valence-corrected chi connectivity index (χ0v) is 16.0. The summed E-state index contributed by atoms with van der Waals surface area (Å²) in [6, 6.07) is 16.2. The molecule has 1 unspecified atom stereocenters. The predicted molar refractivity (Wildman–Crippen MR) is 109 cm³/mol. The molecule has 1 N–H and O–H groups in total. The Balaban J connectivity index is 1.36. The summed E-state index contributed by atoms with van der Waals surface area (Å²) in [6.45, 7) is 3.29. The summed E-state index contributed by atoms with van der Waals surface area (Å²) < 4.78 is 10.9. The van der Waals surface area contributed by atoms with Crippen LogP contribution in [0.3, 0.4) is 0 Å². The number of rotatable bonds is 7. The van der Waals surface area contributed by atoms with Gasteiger partial charge in [-0.2, -0.15) is 10.1 Å². The number of hydrogen-bond donors (Lipinski definition) is 1. The van der Waals surface area contributed by atoms with Gasteiger partial charge >= 0.3 is 0 Å². The van der Waals surface area contributed by atoms with Crippen LogP contribution in [0.2, 0.25) is 0 Å². The Bertz CT molecular complexity index is 932. The number of aromatic nitrogens is 3. The number of benzene rings is 2. The van der Waals surface area contributed by atoms with E-state index in [9.17, 15) is 0 Å². The summed E-state index contributed by atoms with van der Waals surface area (Å²) in [5.41, 5.74) is 2.46. The van der Waals surface area contributed by atoms with Crippen molar-refractivity contribution >= 4 is 17.5 Å². The van der Waals surface area contributed by atoms with Gasteiger partial charge < -0.3 is 19.7 Å². The third-order valence-corrected chi connectivity index (χ3v) is 4.71. The zero-order chi connectivity index (χ0) is 19.3. The third-order valence-electron chi connectivity index (χ3n) is 4.71. The summed E-state index contributed by atoms with van der Waals surface area (Å²) in [5, 5.41) is 11.6. The van der Waals surface area contributed by atoms with Gasteiger partial charge in [0, 0.05) is 11.7 Å². The first-order chi connectivity index (χ1) is 13.7. The summed E-state index contributed by atoms with van der Waals surface area (Å²) in [7, 11) is 1.64. The number of hydrogen-bond acceptors (Lipinski definition) is 7. The van der Waals surface area contributed by atoms with E-state index in [0.29, 0.717) is 31.0 Å². The molecule has 1 aliphatic heterocycles. The fraction of sp³-hybridized carbons (Fsp3) is 0.286. The molecule has 0 spiro atoms. The average molecular weight is 377 g/mol. The van der Waals surface area contributed by atoms with Crippen LogP contribution in [0.25, 0.3) is 0 Å². The molecule has 0 aliphatic carbocycles. The number of anilines is 3. The molecule has 3 aromatic rings. The normalized spacial score (nSPS) is 15.2. The lowest BCUT2D eigenvalue weighted by atomic mass is 10.1. The predicted octanol–water partition coefficient (Wildman–Crippen LogP) is 3.45. The molecule has 7 heteroatoms. The molecule has 7 nitrogen and oxygen atoms in total. The molecule has 0 saturated heterocycles. The maximum absolute atomic E-state index is 5.73. The number of fused-ring (bicyclic) bond motifs is 1. The number of para-hydroxylation sites is 1. The van der Waals surface area contributed by atoms with Crippen molar-refractivity contribution in [3.05, 3.63) is 60.3 Å². The average Bonchev–Trinajstić information content (AvgIpc) is 3.07. The molecule has 1 atom stereocenters. The molecular weight excluding hydrogens is 354 g/mol. The number of nitrogens with zero attached hydrogens (tertiary/aromatic N) is 4. The summed E-state index contributed by atoms with van der Waals surface area (Å²) in [5.74, 6) is 2.90. The highest BCUT2D eigenvalue weighted by atomic mass is 16.5. The van der Waals surface area contributed by atoms with Crippen molar-refractivity contribution in [3.63, 3.8) is 0 Å². The second kappa shape index (κ2) is 8.12. The lowest BCUT2D eigenvalue weighted by Gasteiger charge is -2.22. The highest BCUT2D eigenvalue weighted by Gasteiger charge is 2.29. The molecular formula is C21H23N5O2. The van der Waals surface area contributed by atoms with Crippen LogP contribution >= 0.6 is 0 Å². The van der Waals surface area contributed by atoms with Gasteiger partial charge in [0.15, 0.2) is 5.82 Å². The molecule has 1 aliphatic rings. The van der Waals surface area contributed by atoms with Crippen molar-refractivity contribution in [1.29, 1.82) is 0 Å². The van der Waals surface area contributed by atoms with E-state index in [1.807, 2.05) is 30.3 Å². The van der Waals surface area contributed by atoms with Gasteiger partial charge in [0.2, 0.25) is 0 Å². The molecule has 0 amide bonds. The van der Waals surface area contributed by atoms with Gasteiger partial charge in [0.1, 0.15) is 18.1 Å². The fourth-order valence-electron chi connectivity index (χ4n) is 3.37. The molecule has 1 aromatic heterocycles. The molecule has 2 aromatic carbocycles. The minimum Gasteiger partial charge on any atom is -0.497 e. The Morgan fingerprint density at radius 2 is 1.89 bits per heavy atom. The van der Waals surface area contributed by atoms with Crippen molar-refractivity contribution < 1.29 is 9.47 Å². The quantitative estimate of drug-likeness (QED) is 0.632. The van der Waals surface area contributed by atoms with Gasteiger partial charge in [-0.15, -0.1) is 5.10 Å². The van der Waals surface area contributed by atoms with Gasteiger partial charge in [-0.1, -0.05) is 18.2 Å². The topological polar surface area (TPSA) is 72.4 Å². The van der Waals surface area contributed by atoms with E-state index in [0.717, 1.165) is 23.6 Å². The highest BCUT2D eigenvalue weighted by Crippen LogP contribution is 2.36. The van der Waals surface area contributed by atoms with Crippen LogP contribution in [0.5, 0.6) is 11.5 Å². The summed E-state index contributed by atoms with van der Waals surface area (Å²) >= 11 is 0. The second-order valence-electron chi connectivity index (χ2n) is 6.64. The Hall–Kier alpha value is -3.35. The van der Waals surface area contributed by atoms with Gasteiger partial charge in [-0.05, 0) is 49.2 Å². The van der Waals surface area contributed by atoms with Crippen molar-refractivity contribution in [2.24, 2.45) is 0 Å². The lowest BCUT2D eigenvalue weighted by Crippen LogP contribution is -2.26. The first-order valence-corrected chi connectivity index (χ1v) is 9.32. The smallest absolute Gasteiger partial charge is 0.252 e. The summed E-state index contributed by atoms with van der Waals surface area (Å²) in [6.07, 6.45) is 2.61. The van der Waals surface area contributed by atoms with E-state index in [1.165, 1.54) is 5.56 Å². The van der Waals surface area contributed by atoms with Gasteiger partial charge in [0.05, 0.1) is 19.9 Å². The third kappa shape index (κ3) is 3.83. The summed E-state index contributed by atoms with van der Waals surface area (Å²) in [4.78, 5) is 6.78. The van der Waals surface area contributed by atoms with E-state index >= 15 is 0 Å². The molecule has 2 heterocycles. The molecule has 0 fully saturated rings. The molecule has 4 rings (SSSR count). The van der Waals surface area contributed by atoms with Gasteiger partial charge in [0.25, 0.3) is 5.95 Å². The maximum atomic E-state index is 5.73. The van der Waals surface area contributed by atoms with Crippen LogP contribution < -0.4 is 19.7 Å². The van der Waals surface area contributed by atoms with Crippen molar-refractivity contribution in [2.75, 3.05) is 30.5 Å². The van der Waals surface area contributed by atoms with E-state index in [1.54, 1.807) is 13.3 Å². The fourth-order valence-corrected chi connectivity index (χ4v) is 3.37. The van der Waals surface area contributed by atoms with Crippen LogP contribution in [0, 0.1) is 0 Å². The molecule has 0 bridgehead atoms. The Labute approximate surface area is 164 Å². The lowest BCUT2D eigenvalue weighted by molar-refractivity contribution is 0.331. The van der Waals surface area contributed by atoms with Gasteiger partial charge in [-0.25, -0.2) is 0 Å². The zero-order valence-electron chi connectivity index (χ0n) is 16.0. The molecule has 0 saturated carbocycles. The first kappa shape index (κ1) is 18.0. The minimum atomic E-state index is 0.299. The Morgan fingerprint density at radius 1 is 1.11 bits per heavy atom. The number of ether oxygens (including phenoxy) is 2. The Kier molecular flexibility index (Phi) is 5.23. The van der Waals surface area contributed by atoms with E-state index in [4.69, 9.17) is 9.47 Å². The SMILES string of the molecule is COc1ccc(OCCNc2cnnc(N3c4ccccc4CC3C)n2)cc1. The van der Waals surface area contributed by atoms with Crippen molar-refractivity contribution in [1.82, 2.24) is 15.2 Å². The van der Waals surface area contributed by atoms with E-state index in [2.05, 4.69) is 50.5 Å². The van der Waals surface area contributed by atoms with Crippen LogP contribution in [0.15, 0.2) is 54.7 Å². The minimum absolute atomic E-state index is 0.299. The van der Waals surface area contributed by atoms with Crippen molar-refractivity contribution in [2.45, 2.75) is 19.4 Å². The number of methoxy groups -OCH3 is 1. The molecule has 144 valence electrons. The van der Waals surface area contributed by atoms with Gasteiger partial charge in [-0.3, -0.25) is 0 Å². The highest BCUT2D eigenvalue weighted by molar-refractivity contribution is 5.67.